The first-order chi connectivity index (χ1) is 13.1. The van der Waals surface area contributed by atoms with Crippen molar-refractivity contribution in [1.29, 1.82) is 0 Å². The summed E-state index contributed by atoms with van der Waals surface area (Å²) in [5, 5.41) is 31.5. The highest BCUT2D eigenvalue weighted by Gasteiger charge is 2.37. The van der Waals surface area contributed by atoms with Crippen molar-refractivity contribution in [2.24, 2.45) is 5.41 Å². The summed E-state index contributed by atoms with van der Waals surface area (Å²) in [6, 6.07) is 3.85. The number of unbranched alkanes of at least 4 members (excludes halogenated alkanes) is 2. The number of benzene rings is 1. The number of carbonyl (C=O) groups is 3. The van der Waals surface area contributed by atoms with Crippen molar-refractivity contribution in [2.75, 3.05) is 6.54 Å². The number of amides is 1. The van der Waals surface area contributed by atoms with E-state index >= 15 is 0 Å². The monoisotopic (exact) mass is 389 g/mol. The fourth-order valence-electron chi connectivity index (χ4n) is 3.27. The molecule has 0 aromatic heterocycles. The van der Waals surface area contributed by atoms with Gasteiger partial charge in [0.05, 0.1) is 5.57 Å². The van der Waals surface area contributed by atoms with Gasteiger partial charge >= 0.3 is 0 Å². The molecule has 1 aromatic carbocycles. The first-order valence-electron chi connectivity index (χ1n) is 9.39. The van der Waals surface area contributed by atoms with Crippen molar-refractivity contribution in [3.05, 3.63) is 35.1 Å². The van der Waals surface area contributed by atoms with Crippen LogP contribution in [0.3, 0.4) is 0 Å². The summed E-state index contributed by atoms with van der Waals surface area (Å²) < 4.78 is 0. The van der Waals surface area contributed by atoms with Gasteiger partial charge in [0.1, 0.15) is 5.76 Å². The van der Waals surface area contributed by atoms with Crippen LogP contribution in [0.25, 0.3) is 0 Å². The number of phenols is 2. The van der Waals surface area contributed by atoms with Crippen molar-refractivity contribution >= 4 is 17.5 Å². The van der Waals surface area contributed by atoms with Gasteiger partial charge in [0.2, 0.25) is 0 Å². The highest BCUT2D eigenvalue weighted by atomic mass is 16.3. The Labute approximate surface area is 164 Å². The lowest BCUT2D eigenvalue weighted by atomic mass is 9.73. The minimum atomic E-state index is -0.360. The average molecular weight is 389 g/mol. The van der Waals surface area contributed by atoms with Crippen LogP contribution in [-0.2, 0) is 9.59 Å². The molecule has 1 fully saturated rings. The van der Waals surface area contributed by atoms with Gasteiger partial charge in [0.15, 0.2) is 23.1 Å². The summed E-state index contributed by atoms with van der Waals surface area (Å²) in [4.78, 5) is 36.2. The fraction of sp³-hybridized carbons (Fsp3) is 0.476. The predicted molar refractivity (Wildman–Crippen MR) is 103 cm³/mol. The smallest absolute Gasteiger partial charge is 0.251 e. The Morgan fingerprint density at radius 2 is 1.68 bits per heavy atom. The average Bonchev–Trinajstić information content (AvgIpc) is 2.58. The van der Waals surface area contributed by atoms with Gasteiger partial charge in [-0.05, 0) is 36.5 Å². The minimum Gasteiger partial charge on any atom is -0.511 e. The second kappa shape index (κ2) is 8.91. The van der Waals surface area contributed by atoms with E-state index in [4.69, 9.17) is 0 Å². The van der Waals surface area contributed by atoms with Gasteiger partial charge in [-0.15, -0.1) is 0 Å². The van der Waals surface area contributed by atoms with E-state index in [-0.39, 0.29) is 70.5 Å². The summed E-state index contributed by atoms with van der Waals surface area (Å²) in [5.41, 5.74) is -0.153. The third-order valence-corrected chi connectivity index (χ3v) is 4.74. The van der Waals surface area contributed by atoms with Crippen LogP contribution in [-0.4, -0.2) is 39.3 Å². The summed E-state index contributed by atoms with van der Waals surface area (Å²) in [5.74, 6) is -1.71. The second-order valence-electron chi connectivity index (χ2n) is 7.96. The van der Waals surface area contributed by atoms with E-state index in [9.17, 15) is 29.7 Å². The van der Waals surface area contributed by atoms with Crippen LogP contribution in [0.2, 0.25) is 0 Å². The van der Waals surface area contributed by atoms with Crippen LogP contribution in [0.1, 0.15) is 62.7 Å². The summed E-state index contributed by atoms with van der Waals surface area (Å²) >= 11 is 0. The number of nitrogens with one attached hydrogen (secondary N) is 1. The van der Waals surface area contributed by atoms with E-state index in [1.165, 1.54) is 18.2 Å². The van der Waals surface area contributed by atoms with Crippen LogP contribution < -0.4 is 5.32 Å². The zero-order chi connectivity index (χ0) is 20.9. The Hall–Kier alpha value is -2.83. The number of ketones is 2. The van der Waals surface area contributed by atoms with Crippen LogP contribution in [0, 0.1) is 5.41 Å². The molecule has 152 valence electrons. The molecule has 0 bridgehead atoms. The van der Waals surface area contributed by atoms with E-state index < -0.39 is 0 Å². The lowest BCUT2D eigenvalue weighted by Gasteiger charge is -2.28. The number of aliphatic hydroxyl groups excluding tert-OH is 1. The molecule has 4 N–H and O–H groups in total. The van der Waals surface area contributed by atoms with E-state index in [1.54, 1.807) is 0 Å². The lowest BCUT2D eigenvalue weighted by molar-refractivity contribution is -0.127. The molecule has 0 atom stereocenters. The maximum Gasteiger partial charge on any atom is 0.251 e. The standard InChI is InChI=1S/C21H27NO6/c1-21(2)11-17(26)19(18(27)12-21)15(24)6-4-3-5-9-22-20(28)13-7-8-14(23)16(25)10-13/h7-8,10,23-25H,3-6,9,11-12H2,1-2H3,(H,22,28). The molecule has 0 aliphatic heterocycles. The number of Topliss-reactive ketones (excluding diaryl/α,β-unsaturated/α-hetero) is 2. The van der Waals surface area contributed by atoms with Gasteiger partial charge in [0, 0.05) is 31.4 Å². The van der Waals surface area contributed by atoms with Crippen molar-refractivity contribution in [1.82, 2.24) is 5.32 Å². The number of hydrogen-bond acceptors (Lipinski definition) is 6. The van der Waals surface area contributed by atoms with Gasteiger partial charge in [-0.1, -0.05) is 20.3 Å². The van der Waals surface area contributed by atoms with Crippen LogP contribution in [0.5, 0.6) is 11.5 Å². The lowest BCUT2D eigenvalue weighted by Crippen LogP contribution is -2.32. The van der Waals surface area contributed by atoms with Gasteiger partial charge in [0.25, 0.3) is 5.91 Å². The van der Waals surface area contributed by atoms with Crippen LogP contribution in [0.15, 0.2) is 29.5 Å². The number of phenolic OH excluding ortho intramolecular Hbond substituents is 2. The third kappa shape index (κ3) is 5.58. The van der Waals surface area contributed by atoms with E-state index in [1.807, 2.05) is 13.8 Å². The van der Waals surface area contributed by atoms with Crippen LogP contribution in [0.4, 0.5) is 0 Å². The molecule has 2 rings (SSSR count). The molecule has 0 spiro atoms. The normalized spacial score (nSPS) is 16.1. The zero-order valence-electron chi connectivity index (χ0n) is 16.2. The Morgan fingerprint density at radius 1 is 1.04 bits per heavy atom. The number of rotatable bonds is 7. The van der Waals surface area contributed by atoms with Gasteiger partial charge in [-0.3, -0.25) is 14.4 Å². The van der Waals surface area contributed by atoms with E-state index in [0.29, 0.717) is 25.8 Å². The first-order valence-corrected chi connectivity index (χ1v) is 9.39. The molecule has 28 heavy (non-hydrogen) atoms. The largest absolute Gasteiger partial charge is 0.511 e. The van der Waals surface area contributed by atoms with Crippen molar-refractivity contribution < 1.29 is 29.7 Å². The molecule has 7 nitrogen and oxygen atoms in total. The van der Waals surface area contributed by atoms with Gasteiger partial charge in [-0.2, -0.15) is 0 Å². The SMILES string of the molecule is CC1(C)CC(=O)C(=C(O)CCCCCNC(=O)c2ccc(O)c(O)c2)C(=O)C1. The number of hydrogen-bond donors (Lipinski definition) is 4. The van der Waals surface area contributed by atoms with Crippen molar-refractivity contribution in [3.63, 3.8) is 0 Å². The molecule has 1 aliphatic carbocycles. The van der Waals surface area contributed by atoms with Crippen molar-refractivity contribution in [3.8, 4) is 11.5 Å². The zero-order valence-corrected chi connectivity index (χ0v) is 16.2. The van der Waals surface area contributed by atoms with Crippen LogP contribution >= 0.6 is 0 Å². The van der Waals surface area contributed by atoms with Gasteiger partial charge in [-0.25, -0.2) is 0 Å². The number of aliphatic hydroxyl groups is 1. The maximum atomic E-state index is 12.1. The first kappa shape index (κ1) is 21.5. The Kier molecular flexibility index (Phi) is 6.83. The predicted octanol–water partition coefficient (Wildman–Crippen LogP) is 3.16. The molecule has 0 saturated heterocycles. The summed E-state index contributed by atoms with van der Waals surface area (Å²) in [7, 11) is 0. The maximum absolute atomic E-state index is 12.1. The molecule has 1 saturated carbocycles. The summed E-state index contributed by atoms with van der Waals surface area (Å²) in [6.07, 6.45) is 2.73. The molecule has 0 heterocycles. The fourth-order valence-corrected chi connectivity index (χ4v) is 3.27. The number of carbonyl (C=O) groups excluding carboxylic acids is 3. The molecule has 0 radical (unpaired) electrons. The molecular formula is C21H27NO6. The van der Waals surface area contributed by atoms with Crippen molar-refractivity contribution in [2.45, 2.75) is 52.4 Å². The molecule has 1 aliphatic rings. The third-order valence-electron chi connectivity index (χ3n) is 4.74. The molecule has 7 heteroatoms. The quantitative estimate of drug-likeness (QED) is 0.187. The molecular weight excluding hydrogens is 362 g/mol. The van der Waals surface area contributed by atoms with E-state index in [0.717, 1.165) is 0 Å². The highest BCUT2D eigenvalue weighted by molar-refractivity contribution is 6.22. The molecule has 1 amide bonds. The topological polar surface area (TPSA) is 124 Å². The molecule has 0 unspecified atom stereocenters. The Morgan fingerprint density at radius 3 is 2.29 bits per heavy atom. The molecule has 1 aromatic rings. The highest BCUT2D eigenvalue weighted by Crippen LogP contribution is 2.35. The number of allylic oxidation sites excluding steroid dienone is 2. The van der Waals surface area contributed by atoms with Gasteiger partial charge < -0.3 is 20.6 Å². The van der Waals surface area contributed by atoms with E-state index in [2.05, 4.69) is 5.32 Å². The Balaban J connectivity index is 1.74. The minimum absolute atomic E-state index is 0.0419. The Bertz CT molecular complexity index is 787. The number of aromatic hydroxyl groups is 2. The second-order valence-corrected chi connectivity index (χ2v) is 7.96. The summed E-state index contributed by atoms with van der Waals surface area (Å²) in [6.45, 7) is 4.14.